The molecule has 0 radical (unpaired) electrons. The van der Waals surface area contributed by atoms with Gasteiger partial charge in [-0.25, -0.2) is 0 Å². The van der Waals surface area contributed by atoms with E-state index in [-0.39, 0.29) is 5.69 Å². The molecular weight excluding hydrogens is 318 g/mol. The number of hydrogen-bond acceptors (Lipinski definition) is 5. The fraction of sp³-hybridized carbons (Fsp3) is 0.167. The van der Waals surface area contributed by atoms with Gasteiger partial charge in [0.2, 0.25) is 0 Å². The third-order valence-corrected chi connectivity index (χ3v) is 3.86. The molecule has 0 atom stereocenters. The molecule has 0 amide bonds. The lowest BCUT2D eigenvalue weighted by atomic mass is 10.0. The minimum absolute atomic E-state index is 0.0528. The third kappa shape index (κ3) is 3.10. The first-order valence-corrected chi connectivity index (χ1v) is 7.73. The summed E-state index contributed by atoms with van der Waals surface area (Å²) >= 11 is 0. The summed E-state index contributed by atoms with van der Waals surface area (Å²) in [5, 5.41) is 24.7. The van der Waals surface area contributed by atoms with Crippen LogP contribution < -0.4 is 0 Å². The molecule has 0 aliphatic heterocycles. The summed E-state index contributed by atoms with van der Waals surface area (Å²) in [5.41, 5.74) is 3.82. The number of nitro benzene ring substituents is 1. The number of rotatable bonds is 4. The summed E-state index contributed by atoms with van der Waals surface area (Å²) in [7, 11) is 0. The van der Waals surface area contributed by atoms with Crippen molar-refractivity contribution in [3.8, 4) is 28.6 Å². The molecule has 0 aliphatic carbocycles. The first kappa shape index (κ1) is 16.3. The summed E-state index contributed by atoms with van der Waals surface area (Å²) in [5.74, 6) is 0. The second-order valence-electron chi connectivity index (χ2n) is 5.52. The molecule has 3 aromatic rings. The van der Waals surface area contributed by atoms with Crippen LogP contribution in [0.25, 0.3) is 22.5 Å². The Morgan fingerprint density at radius 1 is 1.28 bits per heavy atom. The fourth-order valence-electron chi connectivity index (χ4n) is 2.69. The molecule has 1 aromatic carbocycles. The summed E-state index contributed by atoms with van der Waals surface area (Å²) in [6, 6.07) is 11.8. The van der Waals surface area contributed by atoms with Gasteiger partial charge >= 0.3 is 0 Å². The minimum Gasteiger partial charge on any atom is -0.263 e. The Kier molecular flexibility index (Phi) is 4.27. The molecule has 0 spiro atoms. The van der Waals surface area contributed by atoms with E-state index in [0.29, 0.717) is 16.7 Å². The molecule has 25 heavy (non-hydrogen) atoms. The Balaban J connectivity index is 2.06. The van der Waals surface area contributed by atoms with Crippen molar-refractivity contribution >= 4 is 5.69 Å². The highest BCUT2D eigenvalue weighted by Gasteiger charge is 2.17. The molecule has 2 heterocycles. The Morgan fingerprint density at radius 3 is 2.68 bits per heavy atom. The number of hydrogen-bond donors (Lipinski definition) is 0. The molecule has 0 bridgehead atoms. The zero-order chi connectivity index (χ0) is 18.0. The molecule has 0 aliphatic rings. The molecule has 3 rings (SSSR count). The van der Waals surface area contributed by atoms with Crippen molar-refractivity contribution in [3.05, 3.63) is 64.0 Å². The van der Waals surface area contributed by atoms with Gasteiger partial charge < -0.3 is 0 Å². The molecule has 124 valence electrons. The lowest BCUT2D eigenvalue weighted by molar-refractivity contribution is -0.384. The van der Waals surface area contributed by atoms with Crippen LogP contribution in [0.5, 0.6) is 0 Å². The predicted molar refractivity (Wildman–Crippen MR) is 92.7 cm³/mol. The molecule has 0 fully saturated rings. The van der Waals surface area contributed by atoms with Crippen molar-refractivity contribution < 1.29 is 4.92 Å². The quantitative estimate of drug-likeness (QED) is 0.535. The SMILES string of the molecule is CCn1nc(C)cc1-c1ccc(-c2cc(C#N)ccc2[N+](=O)[O-])cn1. The zero-order valence-corrected chi connectivity index (χ0v) is 13.8. The van der Waals surface area contributed by atoms with Crippen LogP contribution in [-0.4, -0.2) is 19.7 Å². The second kappa shape index (κ2) is 6.53. The van der Waals surface area contributed by atoms with Crippen LogP contribution in [0.1, 0.15) is 18.2 Å². The minimum atomic E-state index is -0.458. The van der Waals surface area contributed by atoms with Crippen LogP contribution >= 0.6 is 0 Å². The normalized spacial score (nSPS) is 10.4. The maximum absolute atomic E-state index is 11.3. The summed E-state index contributed by atoms with van der Waals surface area (Å²) in [4.78, 5) is 15.2. The van der Waals surface area contributed by atoms with E-state index in [1.54, 1.807) is 18.3 Å². The number of nitro groups is 1. The molecular formula is C18H15N5O2. The Bertz CT molecular complexity index is 984. The van der Waals surface area contributed by atoms with Gasteiger partial charge in [-0.1, -0.05) is 6.07 Å². The lowest BCUT2D eigenvalue weighted by Crippen LogP contribution is -2.00. The van der Waals surface area contributed by atoms with E-state index < -0.39 is 4.92 Å². The van der Waals surface area contributed by atoms with Gasteiger partial charge in [-0.05, 0) is 38.1 Å². The topological polar surface area (TPSA) is 97.6 Å². The van der Waals surface area contributed by atoms with Gasteiger partial charge in [-0.3, -0.25) is 19.8 Å². The smallest absolute Gasteiger partial charge is 0.263 e. The van der Waals surface area contributed by atoms with Crippen molar-refractivity contribution in [1.29, 1.82) is 5.26 Å². The lowest BCUT2D eigenvalue weighted by Gasteiger charge is -2.06. The van der Waals surface area contributed by atoms with Crippen molar-refractivity contribution in [3.63, 3.8) is 0 Å². The monoisotopic (exact) mass is 333 g/mol. The first-order valence-electron chi connectivity index (χ1n) is 7.73. The van der Waals surface area contributed by atoms with Crippen LogP contribution in [0, 0.1) is 28.4 Å². The van der Waals surface area contributed by atoms with Gasteiger partial charge in [0.15, 0.2) is 0 Å². The third-order valence-electron chi connectivity index (χ3n) is 3.86. The van der Waals surface area contributed by atoms with E-state index in [1.165, 1.54) is 18.2 Å². The first-order chi connectivity index (χ1) is 12.0. The maximum Gasteiger partial charge on any atom is 0.277 e. The molecule has 0 saturated heterocycles. The van der Waals surface area contributed by atoms with Gasteiger partial charge in [0, 0.05) is 24.4 Å². The summed E-state index contributed by atoms with van der Waals surface area (Å²) in [6.07, 6.45) is 1.58. The average Bonchev–Trinajstić information content (AvgIpc) is 3.02. The second-order valence-corrected chi connectivity index (χ2v) is 5.52. The standard InChI is InChI=1S/C18H15N5O2/c1-3-22-18(8-12(2)21-22)16-6-5-14(11-20-16)15-9-13(10-19)4-7-17(15)23(24)25/h4-9,11H,3H2,1-2H3. The van der Waals surface area contributed by atoms with E-state index in [9.17, 15) is 10.1 Å². The molecule has 7 nitrogen and oxygen atoms in total. The van der Waals surface area contributed by atoms with Crippen molar-refractivity contribution in [2.45, 2.75) is 20.4 Å². The van der Waals surface area contributed by atoms with Crippen molar-refractivity contribution in [2.24, 2.45) is 0 Å². The van der Waals surface area contributed by atoms with Gasteiger partial charge in [-0.2, -0.15) is 10.4 Å². The van der Waals surface area contributed by atoms with Gasteiger partial charge in [0.25, 0.3) is 5.69 Å². The van der Waals surface area contributed by atoms with Crippen molar-refractivity contribution in [2.75, 3.05) is 0 Å². The highest BCUT2D eigenvalue weighted by atomic mass is 16.6. The summed E-state index contributed by atoms with van der Waals surface area (Å²) < 4.78 is 1.86. The molecule has 0 unspecified atom stereocenters. The molecule has 7 heteroatoms. The number of aromatic nitrogens is 3. The van der Waals surface area contributed by atoms with Crippen LogP contribution in [0.2, 0.25) is 0 Å². The van der Waals surface area contributed by atoms with E-state index in [4.69, 9.17) is 5.26 Å². The Morgan fingerprint density at radius 2 is 2.08 bits per heavy atom. The van der Waals surface area contributed by atoms with E-state index in [1.807, 2.05) is 30.7 Å². The number of nitriles is 1. The fourth-order valence-corrected chi connectivity index (χ4v) is 2.69. The van der Waals surface area contributed by atoms with Crippen LogP contribution in [-0.2, 0) is 6.54 Å². The maximum atomic E-state index is 11.3. The number of aryl methyl sites for hydroxylation is 2. The van der Waals surface area contributed by atoms with Gasteiger partial charge in [0.1, 0.15) is 0 Å². The number of nitrogens with zero attached hydrogens (tertiary/aromatic N) is 5. The largest absolute Gasteiger partial charge is 0.277 e. The van der Waals surface area contributed by atoms with Gasteiger partial charge in [0.05, 0.1) is 39.2 Å². The van der Waals surface area contributed by atoms with E-state index in [2.05, 4.69) is 10.1 Å². The molecule has 2 aromatic heterocycles. The molecule has 0 N–H and O–H groups in total. The van der Waals surface area contributed by atoms with Crippen LogP contribution in [0.3, 0.4) is 0 Å². The number of pyridine rings is 1. The Hall–Kier alpha value is -3.53. The number of benzene rings is 1. The summed E-state index contributed by atoms with van der Waals surface area (Å²) in [6.45, 7) is 4.64. The highest BCUT2D eigenvalue weighted by molar-refractivity contribution is 5.75. The predicted octanol–water partition coefficient (Wildman–Crippen LogP) is 3.72. The average molecular weight is 333 g/mol. The van der Waals surface area contributed by atoms with E-state index in [0.717, 1.165) is 23.6 Å². The Labute approximate surface area is 144 Å². The van der Waals surface area contributed by atoms with Crippen molar-refractivity contribution in [1.82, 2.24) is 14.8 Å². The zero-order valence-electron chi connectivity index (χ0n) is 13.8. The molecule has 0 saturated carbocycles. The van der Waals surface area contributed by atoms with Gasteiger partial charge in [-0.15, -0.1) is 0 Å². The highest BCUT2D eigenvalue weighted by Crippen LogP contribution is 2.31. The van der Waals surface area contributed by atoms with Crippen LogP contribution in [0.4, 0.5) is 5.69 Å². The van der Waals surface area contributed by atoms with Crippen LogP contribution in [0.15, 0.2) is 42.6 Å². The van der Waals surface area contributed by atoms with E-state index >= 15 is 0 Å².